The molecule has 0 saturated heterocycles. The van der Waals surface area contributed by atoms with E-state index >= 15 is 0 Å². The quantitative estimate of drug-likeness (QED) is 0.905. The van der Waals surface area contributed by atoms with Crippen LogP contribution in [0.25, 0.3) is 0 Å². The van der Waals surface area contributed by atoms with Crippen LogP contribution in [-0.2, 0) is 4.74 Å². The van der Waals surface area contributed by atoms with Crippen molar-refractivity contribution < 1.29 is 4.74 Å². The van der Waals surface area contributed by atoms with Crippen molar-refractivity contribution in [1.82, 2.24) is 0 Å². The van der Waals surface area contributed by atoms with Gasteiger partial charge in [0.15, 0.2) is 0 Å². The van der Waals surface area contributed by atoms with Crippen molar-refractivity contribution in [2.45, 2.75) is 37.3 Å². The molecule has 0 radical (unpaired) electrons. The van der Waals surface area contributed by atoms with Gasteiger partial charge >= 0.3 is 0 Å². The number of hydrogen-bond donors (Lipinski definition) is 1. The number of nitrogens with two attached hydrogens (primary N) is 1. The van der Waals surface area contributed by atoms with E-state index in [0.29, 0.717) is 10.0 Å². The zero-order valence-corrected chi connectivity index (χ0v) is 11.4. The fourth-order valence-electron chi connectivity index (χ4n) is 2.65. The molecule has 0 aromatic heterocycles. The minimum absolute atomic E-state index is 0.221. The minimum atomic E-state index is -0.283. The van der Waals surface area contributed by atoms with E-state index in [2.05, 4.69) is 0 Å². The second-order valence-electron chi connectivity index (χ2n) is 4.62. The molecule has 1 fully saturated rings. The Morgan fingerprint density at radius 1 is 1.29 bits per heavy atom. The fourth-order valence-corrected chi connectivity index (χ4v) is 3.07. The lowest BCUT2D eigenvalue weighted by molar-refractivity contribution is -0.0263. The van der Waals surface area contributed by atoms with Crippen LogP contribution < -0.4 is 5.73 Å². The molecule has 17 heavy (non-hydrogen) atoms. The van der Waals surface area contributed by atoms with E-state index in [4.69, 9.17) is 33.7 Å². The van der Waals surface area contributed by atoms with Gasteiger partial charge in [0.05, 0.1) is 11.6 Å². The van der Waals surface area contributed by atoms with Gasteiger partial charge in [-0.25, -0.2) is 0 Å². The fraction of sp³-hybridized carbons (Fsp3) is 0.538. The van der Waals surface area contributed by atoms with Gasteiger partial charge in [0.1, 0.15) is 0 Å². The monoisotopic (exact) mass is 273 g/mol. The zero-order valence-electron chi connectivity index (χ0n) is 9.88. The highest BCUT2D eigenvalue weighted by Gasteiger charge is 2.41. The van der Waals surface area contributed by atoms with E-state index in [-0.39, 0.29) is 11.6 Å². The molecular formula is C13H17Cl2NO. The Kier molecular flexibility index (Phi) is 3.99. The van der Waals surface area contributed by atoms with Crippen LogP contribution >= 0.6 is 23.2 Å². The van der Waals surface area contributed by atoms with Crippen molar-refractivity contribution in [1.29, 1.82) is 0 Å². The summed E-state index contributed by atoms with van der Waals surface area (Å²) in [5.74, 6) is 0. The highest BCUT2D eigenvalue weighted by molar-refractivity contribution is 6.33. The molecule has 1 saturated carbocycles. The van der Waals surface area contributed by atoms with E-state index in [1.807, 2.05) is 6.07 Å². The molecule has 4 heteroatoms. The van der Waals surface area contributed by atoms with Gasteiger partial charge < -0.3 is 10.5 Å². The number of hydrogen-bond acceptors (Lipinski definition) is 2. The minimum Gasteiger partial charge on any atom is -0.376 e. The van der Waals surface area contributed by atoms with Gasteiger partial charge in [0.25, 0.3) is 0 Å². The lowest BCUT2D eigenvalue weighted by Gasteiger charge is -2.34. The molecule has 1 aliphatic carbocycles. The molecular weight excluding hydrogens is 257 g/mol. The van der Waals surface area contributed by atoms with Gasteiger partial charge in [-0.1, -0.05) is 36.0 Å². The summed E-state index contributed by atoms with van der Waals surface area (Å²) in [5.41, 5.74) is 6.94. The molecule has 0 bridgehead atoms. The van der Waals surface area contributed by atoms with E-state index in [0.717, 1.165) is 31.2 Å². The number of ether oxygens (including phenoxy) is 1. The second kappa shape index (κ2) is 5.15. The molecule has 2 rings (SSSR count). The normalized spacial score (nSPS) is 20.5. The maximum absolute atomic E-state index is 6.35. The highest BCUT2D eigenvalue weighted by atomic mass is 35.5. The van der Waals surface area contributed by atoms with E-state index in [1.165, 1.54) is 0 Å². The molecule has 1 unspecified atom stereocenters. The Hall–Kier alpha value is -0.280. The van der Waals surface area contributed by atoms with Gasteiger partial charge in [0.2, 0.25) is 0 Å². The third kappa shape index (κ3) is 2.45. The molecule has 1 aromatic rings. The maximum Gasteiger partial charge on any atom is 0.0870 e. The molecule has 0 amide bonds. The maximum atomic E-state index is 6.35. The first-order valence-electron chi connectivity index (χ1n) is 5.85. The predicted octanol–water partition coefficient (Wildman–Crippen LogP) is 3.95. The summed E-state index contributed by atoms with van der Waals surface area (Å²) in [6.45, 7) is 0. The summed E-state index contributed by atoms with van der Waals surface area (Å²) in [4.78, 5) is 0. The Labute approximate surface area is 112 Å². The second-order valence-corrected chi connectivity index (χ2v) is 5.46. The van der Waals surface area contributed by atoms with Crippen LogP contribution in [0.2, 0.25) is 10.0 Å². The molecule has 2 N–H and O–H groups in total. The van der Waals surface area contributed by atoms with Crippen molar-refractivity contribution >= 4 is 23.2 Å². The average molecular weight is 274 g/mol. The Bertz CT molecular complexity index is 402. The van der Waals surface area contributed by atoms with Crippen LogP contribution in [0.1, 0.15) is 37.3 Å². The topological polar surface area (TPSA) is 35.2 Å². The van der Waals surface area contributed by atoms with Crippen LogP contribution in [0.3, 0.4) is 0 Å². The molecule has 0 spiro atoms. The first kappa shape index (κ1) is 13.2. The molecule has 94 valence electrons. The molecule has 1 aliphatic rings. The van der Waals surface area contributed by atoms with Gasteiger partial charge in [-0.3, -0.25) is 0 Å². The molecule has 1 aromatic carbocycles. The van der Waals surface area contributed by atoms with E-state index in [9.17, 15) is 0 Å². The SMILES string of the molecule is COC1(C(N)c2cc(Cl)ccc2Cl)CCCC1. The Morgan fingerprint density at radius 2 is 1.94 bits per heavy atom. The first-order chi connectivity index (χ1) is 8.09. The molecule has 0 aliphatic heterocycles. The lowest BCUT2D eigenvalue weighted by atomic mass is 9.87. The number of benzene rings is 1. The molecule has 0 heterocycles. The molecule has 1 atom stereocenters. The van der Waals surface area contributed by atoms with Crippen LogP contribution in [-0.4, -0.2) is 12.7 Å². The van der Waals surface area contributed by atoms with Crippen LogP contribution in [0, 0.1) is 0 Å². The largest absolute Gasteiger partial charge is 0.376 e. The Morgan fingerprint density at radius 3 is 2.53 bits per heavy atom. The predicted molar refractivity (Wildman–Crippen MR) is 71.6 cm³/mol. The van der Waals surface area contributed by atoms with E-state index < -0.39 is 0 Å². The average Bonchev–Trinajstić information content (AvgIpc) is 2.81. The van der Waals surface area contributed by atoms with Crippen molar-refractivity contribution in [3.8, 4) is 0 Å². The summed E-state index contributed by atoms with van der Waals surface area (Å²) in [5, 5.41) is 1.31. The summed E-state index contributed by atoms with van der Waals surface area (Å²) in [6, 6.07) is 5.18. The Balaban J connectivity index is 2.35. The highest BCUT2D eigenvalue weighted by Crippen LogP contribution is 2.43. The van der Waals surface area contributed by atoms with Crippen molar-refractivity contribution in [3.63, 3.8) is 0 Å². The number of halogens is 2. The van der Waals surface area contributed by atoms with Gasteiger partial charge in [0, 0.05) is 17.2 Å². The van der Waals surface area contributed by atoms with Crippen LogP contribution in [0.4, 0.5) is 0 Å². The third-order valence-corrected chi connectivity index (χ3v) is 4.30. The number of rotatable bonds is 3. The van der Waals surface area contributed by atoms with Gasteiger partial charge in [-0.15, -0.1) is 0 Å². The summed E-state index contributed by atoms with van der Waals surface area (Å²) in [6.07, 6.45) is 4.26. The third-order valence-electron chi connectivity index (χ3n) is 3.72. The lowest BCUT2D eigenvalue weighted by Crippen LogP contribution is -2.40. The molecule has 2 nitrogen and oxygen atoms in total. The standard InChI is InChI=1S/C13H17Cl2NO/c1-17-13(6-2-3-7-13)12(16)10-8-9(14)4-5-11(10)15/h4-5,8,12H,2-3,6-7,16H2,1H3. The smallest absolute Gasteiger partial charge is 0.0870 e. The zero-order chi connectivity index (χ0) is 12.5. The van der Waals surface area contributed by atoms with Gasteiger partial charge in [-0.05, 0) is 36.6 Å². The van der Waals surface area contributed by atoms with Crippen LogP contribution in [0.5, 0.6) is 0 Å². The van der Waals surface area contributed by atoms with Crippen molar-refractivity contribution in [2.24, 2.45) is 5.73 Å². The van der Waals surface area contributed by atoms with Crippen molar-refractivity contribution in [2.75, 3.05) is 7.11 Å². The first-order valence-corrected chi connectivity index (χ1v) is 6.60. The van der Waals surface area contributed by atoms with Crippen molar-refractivity contribution in [3.05, 3.63) is 33.8 Å². The summed E-state index contributed by atoms with van der Waals surface area (Å²) in [7, 11) is 1.73. The number of methoxy groups -OCH3 is 1. The van der Waals surface area contributed by atoms with E-state index in [1.54, 1.807) is 19.2 Å². The summed E-state index contributed by atoms with van der Waals surface area (Å²) < 4.78 is 5.68. The van der Waals surface area contributed by atoms with Crippen LogP contribution in [0.15, 0.2) is 18.2 Å². The summed E-state index contributed by atoms with van der Waals surface area (Å²) >= 11 is 12.2. The van der Waals surface area contributed by atoms with Gasteiger partial charge in [-0.2, -0.15) is 0 Å².